The number of aryl methyl sites for hydroxylation is 2. The van der Waals surface area contributed by atoms with E-state index in [1.54, 1.807) is 24.3 Å². The lowest BCUT2D eigenvalue weighted by Crippen LogP contribution is -2.04. The molecule has 0 bridgehead atoms. The van der Waals surface area contributed by atoms with Gasteiger partial charge in [-0.3, -0.25) is 0 Å². The quantitative estimate of drug-likeness (QED) is 0.321. The number of nitrogen functional groups attached to an aromatic ring is 1. The molecule has 4 aromatic rings. The number of thioether (sulfide) groups is 1. The molecule has 0 spiro atoms. The van der Waals surface area contributed by atoms with Crippen molar-refractivity contribution in [1.29, 1.82) is 10.5 Å². The molecule has 0 saturated carbocycles. The number of aliphatic hydroxyl groups excluding tert-OH is 1. The summed E-state index contributed by atoms with van der Waals surface area (Å²) in [6.07, 6.45) is 0. The van der Waals surface area contributed by atoms with Crippen molar-refractivity contribution in [3.8, 4) is 40.5 Å². The zero-order valence-corrected chi connectivity index (χ0v) is 20.6. The van der Waals surface area contributed by atoms with E-state index < -0.39 is 0 Å². The van der Waals surface area contributed by atoms with Crippen LogP contribution in [0.1, 0.15) is 28.1 Å². The van der Waals surface area contributed by atoms with Crippen molar-refractivity contribution in [3.63, 3.8) is 0 Å². The second kappa shape index (κ2) is 11.0. The number of pyridine rings is 1. The second-order valence-electron chi connectivity index (χ2n) is 7.87. The van der Waals surface area contributed by atoms with E-state index in [-0.39, 0.29) is 30.2 Å². The molecule has 0 unspecified atom stereocenters. The van der Waals surface area contributed by atoms with Gasteiger partial charge in [0.1, 0.15) is 46.7 Å². The number of aromatic nitrogens is 2. The van der Waals surface area contributed by atoms with Gasteiger partial charge in [-0.05, 0) is 43.2 Å². The van der Waals surface area contributed by atoms with Crippen LogP contribution in [0.3, 0.4) is 0 Å². The third-order valence-corrected chi connectivity index (χ3v) is 6.52. The maximum Gasteiger partial charge on any atom is 0.226 e. The van der Waals surface area contributed by atoms with Crippen LogP contribution in [0, 0.1) is 36.5 Å². The van der Waals surface area contributed by atoms with E-state index in [4.69, 9.17) is 20.0 Å². The highest BCUT2D eigenvalue weighted by molar-refractivity contribution is 7.98. The monoisotopic (exact) mass is 497 g/mol. The molecule has 2 aromatic heterocycles. The number of anilines is 1. The van der Waals surface area contributed by atoms with E-state index >= 15 is 0 Å². The smallest absolute Gasteiger partial charge is 0.226 e. The van der Waals surface area contributed by atoms with E-state index in [2.05, 4.69) is 22.1 Å². The van der Waals surface area contributed by atoms with Gasteiger partial charge >= 0.3 is 0 Å². The van der Waals surface area contributed by atoms with Crippen molar-refractivity contribution in [2.45, 2.75) is 24.6 Å². The Labute approximate surface area is 213 Å². The molecule has 0 amide bonds. The fourth-order valence-corrected chi connectivity index (χ4v) is 4.70. The van der Waals surface area contributed by atoms with Crippen LogP contribution in [0.4, 0.5) is 5.82 Å². The molecule has 0 aliphatic rings. The molecular weight excluding hydrogens is 474 g/mol. The van der Waals surface area contributed by atoms with Crippen molar-refractivity contribution >= 4 is 17.6 Å². The molecule has 180 valence electrons. The topological polar surface area (TPSA) is 142 Å². The normalized spacial score (nSPS) is 10.6. The zero-order chi connectivity index (χ0) is 25.7. The maximum atomic E-state index is 10.0. The number of ether oxygens (including phenoxy) is 1. The lowest BCUT2D eigenvalue weighted by molar-refractivity contribution is 0.201. The predicted molar refractivity (Wildman–Crippen MR) is 137 cm³/mol. The molecule has 4 rings (SSSR count). The number of nitriles is 2. The van der Waals surface area contributed by atoms with Crippen LogP contribution < -0.4 is 10.5 Å². The molecule has 36 heavy (non-hydrogen) atoms. The number of hydrogen-bond donors (Lipinski definition) is 2. The third kappa shape index (κ3) is 5.03. The standard InChI is InChI=1S/C27H23N5O3S/c1-16-5-3-4-6-20(16)26-31-23(17(2)35-26)15-36-27-22(14-29)24(21(13-28)25(30)32-27)18-7-9-19(10-8-18)34-12-11-33/h3-10,33H,11-12,15H2,1-2H3,(H2,30,32). The molecule has 0 aliphatic heterocycles. The Hall–Kier alpha value is -4.31. The van der Waals surface area contributed by atoms with Crippen LogP contribution in [-0.4, -0.2) is 28.3 Å². The zero-order valence-electron chi connectivity index (χ0n) is 19.8. The summed E-state index contributed by atoms with van der Waals surface area (Å²) in [7, 11) is 0. The molecule has 2 heterocycles. The van der Waals surface area contributed by atoms with Gasteiger partial charge in [-0.15, -0.1) is 0 Å². The SMILES string of the molecule is Cc1ccccc1-c1nc(CSc2nc(N)c(C#N)c(-c3ccc(OCCO)cc3)c2C#N)c(C)o1. The van der Waals surface area contributed by atoms with Gasteiger partial charge in [0, 0.05) is 16.9 Å². The predicted octanol–water partition coefficient (Wildman–Crippen LogP) is 5.01. The van der Waals surface area contributed by atoms with Crippen molar-refractivity contribution in [3.05, 3.63) is 76.7 Å². The number of oxazole rings is 1. The largest absolute Gasteiger partial charge is 0.491 e. The first-order chi connectivity index (χ1) is 17.5. The molecule has 0 saturated heterocycles. The summed E-state index contributed by atoms with van der Waals surface area (Å²) in [4.78, 5) is 9.04. The third-order valence-electron chi connectivity index (χ3n) is 5.53. The van der Waals surface area contributed by atoms with Crippen LogP contribution in [0.25, 0.3) is 22.6 Å². The summed E-state index contributed by atoms with van der Waals surface area (Å²) in [5, 5.41) is 29.2. The number of nitrogens with zero attached hydrogens (tertiary/aromatic N) is 4. The highest BCUT2D eigenvalue weighted by Crippen LogP contribution is 2.37. The van der Waals surface area contributed by atoms with Gasteiger partial charge in [0.15, 0.2) is 0 Å². The number of rotatable bonds is 8. The van der Waals surface area contributed by atoms with E-state index in [9.17, 15) is 10.5 Å². The van der Waals surface area contributed by atoms with Crippen LogP contribution in [0.15, 0.2) is 58.0 Å². The summed E-state index contributed by atoms with van der Waals surface area (Å²) >= 11 is 1.31. The van der Waals surface area contributed by atoms with Gasteiger partial charge in [-0.25, -0.2) is 9.97 Å². The van der Waals surface area contributed by atoms with E-state index in [0.717, 1.165) is 16.8 Å². The Kier molecular flexibility index (Phi) is 7.55. The van der Waals surface area contributed by atoms with Gasteiger partial charge in [0.2, 0.25) is 5.89 Å². The van der Waals surface area contributed by atoms with E-state index in [1.165, 1.54) is 11.8 Å². The highest BCUT2D eigenvalue weighted by atomic mass is 32.2. The average Bonchev–Trinajstić information content (AvgIpc) is 3.26. The van der Waals surface area contributed by atoms with Crippen LogP contribution in [-0.2, 0) is 5.75 Å². The molecule has 0 atom stereocenters. The summed E-state index contributed by atoms with van der Waals surface area (Å²) in [5.74, 6) is 2.24. The summed E-state index contributed by atoms with van der Waals surface area (Å²) in [5.41, 5.74) is 10.3. The van der Waals surface area contributed by atoms with Gasteiger partial charge in [-0.2, -0.15) is 10.5 Å². The van der Waals surface area contributed by atoms with Crippen molar-refractivity contribution < 1.29 is 14.3 Å². The Balaban J connectivity index is 1.67. The first-order valence-corrected chi connectivity index (χ1v) is 12.1. The van der Waals surface area contributed by atoms with Gasteiger partial charge < -0.3 is 20.0 Å². The fourth-order valence-electron chi connectivity index (χ4n) is 3.70. The number of aliphatic hydroxyl groups is 1. The Morgan fingerprint density at radius 2 is 1.75 bits per heavy atom. The van der Waals surface area contributed by atoms with Crippen molar-refractivity contribution in [2.24, 2.45) is 0 Å². The minimum Gasteiger partial charge on any atom is -0.491 e. The minimum atomic E-state index is -0.0994. The second-order valence-corrected chi connectivity index (χ2v) is 8.84. The summed E-state index contributed by atoms with van der Waals surface area (Å²) in [6.45, 7) is 3.92. The average molecular weight is 498 g/mol. The lowest BCUT2D eigenvalue weighted by atomic mass is 9.97. The summed E-state index contributed by atoms with van der Waals surface area (Å²) < 4.78 is 11.3. The van der Waals surface area contributed by atoms with Crippen LogP contribution in [0.2, 0.25) is 0 Å². The molecular formula is C27H23N5O3S. The fraction of sp³-hybridized carbons (Fsp3) is 0.185. The molecule has 8 nitrogen and oxygen atoms in total. The van der Waals surface area contributed by atoms with Gasteiger partial charge in [0.05, 0.1) is 17.9 Å². The summed E-state index contributed by atoms with van der Waals surface area (Å²) in [6, 6.07) is 19.1. The molecule has 2 aromatic carbocycles. The number of benzene rings is 2. The van der Waals surface area contributed by atoms with Gasteiger partial charge in [-0.1, -0.05) is 42.1 Å². The molecule has 0 aliphatic carbocycles. The van der Waals surface area contributed by atoms with E-state index in [0.29, 0.717) is 39.3 Å². The highest BCUT2D eigenvalue weighted by Gasteiger charge is 2.22. The number of nitrogens with two attached hydrogens (primary N) is 1. The molecule has 0 fully saturated rings. The lowest BCUT2D eigenvalue weighted by Gasteiger charge is -2.13. The molecule has 3 N–H and O–H groups in total. The van der Waals surface area contributed by atoms with Crippen molar-refractivity contribution in [1.82, 2.24) is 9.97 Å². The van der Waals surface area contributed by atoms with Gasteiger partial charge in [0.25, 0.3) is 0 Å². The molecule has 9 heteroatoms. The van der Waals surface area contributed by atoms with Crippen molar-refractivity contribution in [2.75, 3.05) is 18.9 Å². The number of hydrogen-bond acceptors (Lipinski definition) is 9. The maximum absolute atomic E-state index is 10.0. The van der Waals surface area contributed by atoms with E-state index in [1.807, 2.05) is 38.1 Å². The first-order valence-electron chi connectivity index (χ1n) is 11.1. The first kappa shape index (κ1) is 24.8. The Bertz CT molecular complexity index is 1480. The Morgan fingerprint density at radius 1 is 1.03 bits per heavy atom. The molecule has 0 radical (unpaired) electrons. The van der Waals surface area contributed by atoms with Crippen LogP contribution in [0.5, 0.6) is 5.75 Å². The van der Waals surface area contributed by atoms with Crippen LogP contribution >= 0.6 is 11.8 Å². The Morgan fingerprint density at radius 3 is 2.42 bits per heavy atom. The minimum absolute atomic E-state index is 0.0482.